The quantitative estimate of drug-likeness (QED) is 0.0158. The summed E-state index contributed by atoms with van der Waals surface area (Å²) in [4.78, 5) is 59.7. The lowest BCUT2D eigenvalue weighted by Gasteiger charge is -2.40. The van der Waals surface area contributed by atoms with Crippen LogP contribution >= 0.6 is 56.8 Å². The van der Waals surface area contributed by atoms with Crippen LogP contribution < -0.4 is 20.5 Å². The first-order valence-corrected chi connectivity index (χ1v) is 24.6. The number of carbonyl (C=O) groups is 4. The molecule has 69 heavy (non-hydrogen) atoms. The highest BCUT2D eigenvalue weighted by atomic mass is 127. The molecule has 15 nitrogen and oxygen atoms in total. The molecule has 0 radical (unpaired) electrons. The third-order valence-electron chi connectivity index (χ3n) is 11.1. The third kappa shape index (κ3) is 15.0. The van der Waals surface area contributed by atoms with Crippen molar-refractivity contribution in [2.75, 3.05) is 39.9 Å². The first-order chi connectivity index (χ1) is 33.0. The van der Waals surface area contributed by atoms with Gasteiger partial charge in [0.05, 0.1) is 18.8 Å². The van der Waals surface area contributed by atoms with Gasteiger partial charge in [0.2, 0.25) is 5.91 Å². The summed E-state index contributed by atoms with van der Waals surface area (Å²) in [5.41, 5.74) is 8.68. The van der Waals surface area contributed by atoms with Crippen LogP contribution in [-0.2, 0) is 36.9 Å². The molecule has 0 bridgehead atoms. The van der Waals surface area contributed by atoms with Gasteiger partial charge in [-0.3, -0.25) is 19.2 Å². The molecule has 2 heterocycles. The molecule has 0 unspecified atom stereocenters. The standard InChI is InChI=1S/C27H31I2NO5.C22H23ClF2N4O5/c1-5-17(4)34-24(31)16-23-25(19-10-8-9-11-22(19)35-23)26(32)18-14-20(28)27(21(29)15-18)33-13-12-30(6-2)7-3;1-33-28-19(26)13-4-2-12(3-5-13)11-27-20(31)17-6-7-29(17)21(32)18(30)14-8-15(23)10-16(9-14)34-22(24)25/h8-11,14-15,17H,5-7,12-13,16H2,1-4H3;2-5,8-10,17-18,22,30H,6-7,11H2,1H3,(H2,26,28)(H,27,31)/t17-;17-,18+/m00/s1. The van der Waals surface area contributed by atoms with Crippen molar-refractivity contribution in [2.24, 2.45) is 10.9 Å². The van der Waals surface area contributed by atoms with E-state index in [1.807, 2.05) is 44.2 Å². The number of fused-ring (bicyclic) bond motifs is 1. The Hall–Kier alpha value is -5.10. The van der Waals surface area contributed by atoms with Gasteiger partial charge in [-0.2, -0.15) is 8.78 Å². The van der Waals surface area contributed by atoms with E-state index in [4.69, 9.17) is 31.2 Å². The van der Waals surface area contributed by atoms with Gasteiger partial charge < -0.3 is 49.4 Å². The largest absolute Gasteiger partial charge is 0.490 e. The van der Waals surface area contributed by atoms with Gasteiger partial charge in [-0.1, -0.05) is 80.0 Å². The van der Waals surface area contributed by atoms with Gasteiger partial charge >= 0.3 is 12.6 Å². The molecule has 6 rings (SSSR count). The number of ketones is 1. The third-order valence-corrected chi connectivity index (χ3v) is 12.9. The van der Waals surface area contributed by atoms with Gasteiger partial charge in [0.25, 0.3) is 5.91 Å². The van der Waals surface area contributed by atoms with Crippen molar-refractivity contribution in [1.82, 2.24) is 15.1 Å². The van der Waals surface area contributed by atoms with E-state index >= 15 is 0 Å². The molecule has 5 aromatic rings. The van der Waals surface area contributed by atoms with E-state index in [0.29, 0.717) is 46.4 Å². The number of nitrogens with zero attached hydrogens (tertiary/aromatic N) is 3. The van der Waals surface area contributed by atoms with Gasteiger partial charge in [-0.05, 0) is 126 Å². The van der Waals surface area contributed by atoms with Crippen LogP contribution in [0.15, 0.2) is 88.4 Å². The minimum atomic E-state index is -3.09. The smallest absolute Gasteiger partial charge is 0.387 e. The highest BCUT2D eigenvalue weighted by Crippen LogP contribution is 2.34. The fraction of sp³-hybridized carbons (Fsp3) is 0.367. The van der Waals surface area contributed by atoms with Crippen LogP contribution in [0.25, 0.3) is 11.0 Å². The molecule has 370 valence electrons. The molecule has 2 amide bonds. The number of furan rings is 1. The first-order valence-electron chi connectivity index (χ1n) is 22.0. The van der Waals surface area contributed by atoms with Crippen molar-refractivity contribution in [3.8, 4) is 11.5 Å². The maximum atomic E-state index is 13.7. The van der Waals surface area contributed by atoms with Crippen LogP contribution in [0.5, 0.6) is 11.5 Å². The number of halogens is 5. The van der Waals surface area contributed by atoms with E-state index in [1.54, 1.807) is 30.3 Å². The van der Waals surface area contributed by atoms with E-state index in [-0.39, 0.29) is 59.5 Å². The summed E-state index contributed by atoms with van der Waals surface area (Å²) < 4.78 is 48.5. The predicted octanol–water partition coefficient (Wildman–Crippen LogP) is 8.64. The van der Waals surface area contributed by atoms with Crippen molar-refractivity contribution in [1.29, 1.82) is 0 Å². The second-order valence-corrected chi connectivity index (χ2v) is 18.4. The number of aliphatic hydroxyl groups is 1. The van der Waals surface area contributed by atoms with E-state index in [1.165, 1.54) is 18.1 Å². The number of likely N-dealkylation sites (tertiary alicyclic amines) is 1. The average Bonchev–Trinajstić information content (AvgIpc) is 3.66. The molecular formula is C49H54ClF2I2N5O10. The summed E-state index contributed by atoms with van der Waals surface area (Å²) in [5.74, 6) is -0.687. The van der Waals surface area contributed by atoms with Crippen molar-refractivity contribution >= 4 is 97.2 Å². The Labute approximate surface area is 431 Å². The number of carbonyl (C=O) groups excluding carboxylic acids is 4. The summed E-state index contributed by atoms with van der Waals surface area (Å²) in [6.07, 6.45) is -0.842. The van der Waals surface area contributed by atoms with Crippen molar-refractivity contribution < 1.29 is 56.5 Å². The lowest BCUT2D eigenvalue weighted by molar-refractivity contribution is -0.154. The fourth-order valence-corrected chi connectivity index (χ4v) is 9.44. The van der Waals surface area contributed by atoms with E-state index in [2.05, 4.69) is 84.0 Å². The highest BCUT2D eigenvalue weighted by Gasteiger charge is 2.40. The summed E-state index contributed by atoms with van der Waals surface area (Å²) in [7, 11) is 1.39. The van der Waals surface area contributed by atoms with Gasteiger partial charge in [0.1, 0.15) is 49.0 Å². The van der Waals surface area contributed by atoms with Gasteiger partial charge in [0.15, 0.2) is 17.7 Å². The first kappa shape index (κ1) is 54.8. The Morgan fingerprint density at radius 1 is 1.00 bits per heavy atom. The monoisotopic (exact) mass is 1200 g/mol. The second kappa shape index (κ2) is 26.2. The molecule has 0 saturated carbocycles. The molecule has 0 aliphatic carbocycles. The van der Waals surface area contributed by atoms with Crippen molar-refractivity contribution in [3.05, 3.63) is 125 Å². The molecule has 4 N–H and O–H groups in total. The summed E-state index contributed by atoms with van der Waals surface area (Å²) in [6, 6.07) is 20.7. The predicted molar refractivity (Wildman–Crippen MR) is 274 cm³/mol. The van der Waals surface area contributed by atoms with Crippen LogP contribution in [0.4, 0.5) is 8.78 Å². The van der Waals surface area contributed by atoms with Gasteiger partial charge in [-0.25, -0.2) is 0 Å². The normalized spacial score (nSPS) is 14.4. The number of nitrogens with two attached hydrogens (primary N) is 1. The second-order valence-electron chi connectivity index (χ2n) is 15.7. The Morgan fingerprint density at radius 3 is 2.29 bits per heavy atom. The topological polar surface area (TPSA) is 195 Å². The lowest BCUT2D eigenvalue weighted by atomic mass is 9.98. The minimum Gasteiger partial charge on any atom is -0.490 e. The van der Waals surface area contributed by atoms with Gasteiger partial charge in [-0.15, -0.1) is 0 Å². The summed E-state index contributed by atoms with van der Waals surface area (Å²) in [5, 5.41) is 17.6. The van der Waals surface area contributed by atoms with Crippen LogP contribution in [0.1, 0.15) is 85.0 Å². The number of alkyl halides is 2. The van der Waals surface area contributed by atoms with E-state index in [0.717, 1.165) is 56.6 Å². The SMILES string of the molecule is CC[C@H](C)OC(=O)Cc1oc2ccccc2c1C(=O)c1cc(I)c(OCCN(CC)CC)c(I)c1.CO/N=C(\N)c1ccc(CNC(=O)[C@@H]2CCN2C(=O)[C@H](O)c2cc(Cl)cc(OC(F)F)c2)cc1. The van der Waals surface area contributed by atoms with Crippen molar-refractivity contribution in [3.63, 3.8) is 0 Å². The maximum Gasteiger partial charge on any atom is 0.387 e. The van der Waals surface area contributed by atoms with E-state index in [9.17, 15) is 33.1 Å². The number of benzene rings is 4. The Morgan fingerprint density at radius 2 is 1.68 bits per heavy atom. The minimum absolute atomic E-state index is 0.0131. The average molecular weight is 1200 g/mol. The Balaban J connectivity index is 0.000000258. The number of esters is 1. The number of para-hydroxylation sites is 1. The van der Waals surface area contributed by atoms with Gasteiger partial charge in [0, 0.05) is 41.2 Å². The number of nitrogens with one attached hydrogen (secondary N) is 1. The number of hydrogen-bond acceptors (Lipinski definition) is 12. The highest BCUT2D eigenvalue weighted by molar-refractivity contribution is 14.1. The number of oxime groups is 1. The number of amidine groups is 1. The Bertz CT molecular complexity index is 2590. The van der Waals surface area contributed by atoms with Crippen molar-refractivity contribution in [2.45, 2.75) is 78.4 Å². The molecule has 0 spiro atoms. The molecule has 1 aliphatic heterocycles. The molecule has 20 heteroatoms. The van der Waals surface area contributed by atoms with Crippen LogP contribution in [0.3, 0.4) is 0 Å². The van der Waals surface area contributed by atoms with Crippen LogP contribution in [0, 0.1) is 7.14 Å². The van der Waals surface area contributed by atoms with E-state index < -0.39 is 30.6 Å². The maximum absolute atomic E-state index is 13.7. The van der Waals surface area contributed by atoms with Crippen LogP contribution in [0.2, 0.25) is 5.02 Å². The summed E-state index contributed by atoms with van der Waals surface area (Å²) >= 11 is 10.3. The zero-order valence-electron chi connectivity index (χ0n) is 38.6. The molecular weight excluding hydrogens is 1150 g/mol. The number of likely N-dealkylation sites (N-methyl/N-ethyl adjacent to an activating group) is 1. The molecule has 3 atom stereocenters. The van der Waals surface area contributed by atoms with Crippen LogP contribution in [-0.4, -0.2) is 103 Å². The molecule has 1 saturated heterocycles. The number of aliphatic hydroxyl groups excluding tert-OH is 1. The number of amides is 2. The number of rotatable bonds is 21. The zero-order valence-corrected chi connectivity index (χ0v) is 43.7. The number of ether oxygens (including phenoxy) is 3. The summed E-state index contributed by atoms with van der Waals surface area (Å²) in [6.45, 7) is 8.84. The number of hydrogen-bond donors (Lipinski definition) is 3. The molecule has 4 aromatic carbocycles. The zero-order chi connectivity index (χ0) is 50.4. The Kier molecular flexibility index (Phi) is 20.8. The molecule has 1 aromatic heterocycles. The lowest BCUT2D eigenvalue weighted by Crippen LogP contribution is -2.59. The molecule has 1 aliphatic rings. The fourth-order valence-electron chi connectivity index (χ4n) is 7.13. The molecule has 1 fully saturated rings.